The molecule has 4 nitrogen and oxygen atoms in total. The normalized spacial score (nSPS) is 17.8. The number of thiazole rings is 1. The molecule has 138 valence electrons. The van der Waals surface area contributed by atoms with Crippen LogP contribution in [0.3, 0.4) is 0 Å². The molecule has 1 aromatic heterocycles. The number of halogens is 1. The Bertz CT molecular complexity index is 988. The van der Waals surface area contributed by atoms with Crippen LogP contribution >= 0.6 is 11.3 Å². The van der Waals surface area contributed by atoms with E-state index in [1.807, 2.05) is 35.7 Å². The Kier molecular flexibility index (Phi) is 5.55. The van der Waals surface area contributed by atoms with E-state index in [-0.39, 0.29) is 11.9 Å². The highest BCUT2D eigenvalue weighted by atomic mass is 32.1. The Balaban J connectivity index is 1.72. The zero-order chi connectivity index (χ0) is 18.5. The first kappa shape index (κ1) is 17.8. The van der Waals surface area contributed by atoms with E-state index in [9.17, 15) is 4.39 Å². The van der Waals surface area contributed by atoms with Gasteiger partial charge in [-0.3, -0.25) is 4.99 Å². The average Bonchev–Trinajstić information content (AvgIpc) is 3.36. The van der Waals surface area contributed by atoms with E-state index in [1.165, 1.54) is 17.4 Å². The molecule has 0 aliphatic carbocycles. The van der Waals surface area contributed by atoms with Crippen LogP contribution in [0.4, 0.5) is 4.39 Å². The molecule has 1 atom stereocenters. The molecule has 1 aliphatic heterocycles. The molecule has 6 heteroatoms. The highest BCUT2D eigenvalue weighted by Crippen LogP contribution is 2.20. The van der Waals surface area contributed by atoms with Crippen molar-refractivity contribution in [3.05, 3.63) is 76.2 Å². The van der Waals surface area contributed by atoms with Crippen LogP contribution in [0.5, 0.6) is 0 Å². The van der Waals surface area contributed by atoms with Gasteiger partial charge in [-0.25, -0.2) is 9.07 Å². The molecule has 0 N–H and O–H groups in total. The lowest BCUT2D eigenvalue weighted by Crippen LogP contribution is -2.17. The van der Waals surface area contributed by atoms with Crippen molar-refractivity contribution in [2.75, 3.05) is 13.2 Å². The van der Waals surface area contributed by atoms with E-state index < -0.39 is 0 Å². The highest BCUT2D eigenvalue weighted by Gasteiger charge is 2.15. The summed E-state index contributed by atoms with van der Waals surface area (Å²) in [7, 11) is 0. The van der Waals surface area contributed by atoms with Crippen molar-refractivity contribution in [3.63, 3.8) is 0 Å². The third-order valence-corrected chi connectivity index (χ3v) is 5.28. The zero-order valence-corrected chi connectivity index (χ0v) is 15.6. The van der Waals surface area contributed by atoms with Gasteiger partial charge in [0.1, 0.15) is 5.82 Å². The Labute approximate surface area is 161 Å². The van der Waals surface area contributed by atoms with Gasteiger partial charge in [0.25, 0.3) is 0 Å². The minimum atomic E-state index is -0.295. The third-order valence-electron chi connectivity index (χ3n) is 4.43. The largest absolute Gasteiger partial charge is 0.376 e. The highest BCUT2D eigenvalue weighted by molar-refractivity contribution is 7.07. The monoisotopic (exact) mass is 381 g/mol. The van der Waals surface area contributed by atoms with Crippen LogP contribution in [0.1, 0.15) is 18.4 Å². The first-order valence-corrected chi connectivity index (χ1v) is 9.86. The van der Waals surface area contributed by atoms with Crippen molar-refractivity contribution in [2.45, 2.75) is 18.9 Å². The van der Waals surface area contributed by atoms with Crippen molar-refractivity contribution >= 4 is 17.6 Å². The van der Waals surface area contributed by atoms with Gasteiger partial charge in [-0.1, -0.05) is 48.5 Å². The maximum absolute atomic E-state index is 14.0. The first-order valence-electron chi connectivity index (χ1n) is 8.98. The summed E-state index contributed by atoms with van der Waals surface area (Å²) in [6.45, 7) is 1.43. The van der Waals surface area contributed by atoms with Crippen LogP contribution in [0, 0.1) is 5.82 Å². The lowest BCUT2D eigenvalue weighted by Gasteiger charge is -2.05. The minimum Gasteiger partial charge on any atom is -0.376 e. The zero-order valence-electron chi connectivity index (χ0n) is 14.8. The molecule has 2 heterocycles. The van der Waals surface area contributed by atoms with Crippen molar-refractivity contribution in [1.29, 1.82) is 0 Å². The first-order chi connectivity index (χ1) is 13.3. The van der Waals surface area contributed by atoms with Crippen LogP contribution < -0.4 is 4.80 Å². The van der Waals surface area contributed by atoms with Crippen molar-refractivity contribution in [2.24, 2.45) is 10.1 Å². The van der Waals surface area contributed by atoms with Crippen molar-refractivity contribution < 1.29 is 9.13 Å². The molecule has 3 aromatic rings. The van der Waals surface area contributed by atoms with Crippen LogP contribution in [0.2, 0.25) is 0 Å². The van der Waals surface area contributed by atoms with Crippen LogP contribution in [-0.2, 0) is 4.74 Å². The summed E-state index contributed by atoms with van der Waals surface area (Å²) >= 11 is 1.53. The molecule has 0 spiro atoms. The van der Waals surface area contributed by atoms with E-state index in [0.29, 0.717) is 12.1 Å². The Hall–Kier alpha value is -2.57. The lowest BCUT2D eigenvalue weighted by molar-refractivity contribution is 0.117. The minimum absolute atomic E-state index is 0.177. The standard InChI is InChI=1S/C21H20FN3OS/c22-19-11-5-4-9-17(19)13-24-25-20(16-7-2-1-3-8-16)15-27-21(25)23-14-18-10-6-12-26-18/h1-5,7-9,11,13,15,18H,6,10,12,14H2/b23-21?,24-13-/t18-/m0/s1. The number of rotatable bonds is 5. The second-order valence-electron chi connectivity index (χ2n) is 6.32. The smallest absolute Gasteiger partial charge is 0.206 e. The predicted octanol–water partition coefficient (Wildman–Crippen LogP) is 4.32. The third kappa shape index (κ3) is 4.23. The van der Waals surface area contributed by atoms with E-state index in [1.54, 1.807) is 29.1 Å². The van der Waals surface area contributed by atoms with Gasteiger partial charge in [0.2, 0.25) is 4.80 Å². The lowest BCUT2D eigenvalue weighted by atomic mass is 10.2. The molecule has 1 aliphatic rings. The Morgan fingerprint density at radius 1 is 1.15 bits per heavy atom. The molecular weight excluding hydrogens is 361 g/mol. The summed E-state index contributed by atoms with van der Waals surface area (Å²) in [6, 6.07) is 16.6. The molecule has 0 radical (unpaired) electrons. The van der Waals surface area contributed by atoms with E-state index in [0.717, 1.165) is 35.5 Å². The summed E-state index contributed by atoms with van der Waals surface area (Å²) in [5.74, 6) is -0.295. The molecule has 0 bridgehead atoms. The van der Waals surface area contributed by atoms with Crippen LogP contribution in [-0.4, -0.2) is 30.1 Å². The average molecular weight is 381 g/mol. The molecule has 0 amide bonds. The SMILES string of the molecule is Fc1ccccc1/C=N\n1c(-c2ccccc2)csc1=NC[C@@H]1CCCO1. The molecule has 0 unspecified atom stereocenters. The van der Waals surface area contributed by atoms with Crippen LogP contribution in [0.15, 0.2) is 70.1 Å². The Morgan fingerprint density at radius 2 is 1.96 bits per heavy atom. The van der Waals surface area contributed by atoms with Gasteiger partial charge < -0.3 is 4.74 Å². The van der Waals surface area contributed by atoms with Crippen LogP contribution in [0.25, 0.3) is 11.3 Å². The van der Waals surface area contributed by atoms with Gasteiger partial charge in [-0.05, 0) is 18.9 Å². The second-order valence-corrected chi connectivity index (χ2v) is 7.16. The molecule has 1 saturated heterocycles. The van der Waals surface area contributed by atoms with Gasteiger partial charge in [0.05, 0.1) is 24.6 Å². The fourth-order valence-corrected chi connectivity index (χ4v) is 3.84. The van der Waals surface area contributed by atoms with E-state index in [2.05, 4.69) is 5.10 Å². The summed E-state index contributed by atoms with van der Waals surface area (Å²) in [5, 5.41) is 6.58. The molecular formula is C21H20FN3OS. The number of ether oxygens (including phenoxy) is 1. The van der Waals surface area contributed by atoms with Gasteiger partial charge in [0.15, 0.2) is 0 Å². The number of nitrogens with zero attached hydrogens (tertiary/aromatic N) is 3. The maximum atomic E-state index is 14.0. The van der Waals surface area contributed by atoms with E-state index >= 15 is 0 Å². The molecule has 27 heavy (non-hydrogen) atoms. The van der Waals surface area contributed by atoms with Gasteiger partial charge in [-0.15, -0.1) is 11.3 Å². The molecule has 0 saturated carbocycles. The van der Waals surface area contributed by atoms with E-state index in [4.69, 9.17) is 9.73 Å². The van der Waals surface area contributed by atoms with Crippen molar-refractivity contribution in [3.8, 4) is 11.3 Å². The predicted molar refractivity (Wildman–Crippen MR) is 107 cm³/mol. The Morgan fingerprint density at radius 3 is 2.74 bits per heavy atom. The summed E-state index contributed by atoms with van der Waals surface area (Å²) in [5.41, 5.74) is 2.41. The summed E-state index contributed by atoms with van der Waals surface area (Å²) in [6.07, 6.45) is 3.85. The molecule has 4 rings (SSSR count). The topological polar surface area (TPSA) is 38.9 Å². The maximum Gasteiger partial charge on any atom is 0.206 e. The molecule has 1 fully saturated rings. The second kappa shape index (κ2) is 8.41. The van der Waals surface area contributed by atoms with Gasteiger partial charge in [-0.2, -0.15) is 5.10 Å². The number of hydrogen-bond donors (Lipinski definition) is 0. The van der Waals surface area contributed by atoms with Gasteiger partial charge >= 0.3 is 0 Å². The van der Waals surface area contributed by atoms with Gasteiger partial charge in [0, 0.05) is 23.1 Å². The number of aromatic nitrogens is 1. The fraction of sp³-hybridized carbons (Fsp3) is 0.238. The van der Waals surface area contributed by atoms with Crippen molar-refractivity contribution in [1.82, 2.24) is 4.68 Å². The quantitative estimate of drug-likeness (QED) is 0.607. The summed E-state index contributed by atoms with van der Waals surface area (Å²) in [4.78, 5) is 5.49. The fourth-order valence-electron chi connectivity index (χ4n) is 2.99. The summed E-state index contributed by atoms with van der Waals surface area (Å²) < 4.78 is 21.4. The number of benzene rings is 2. The molecule has 2 aromatic carbocycles. The number of hydrogen-bond acceptors (Lipinski definition) is 4.